The van der Waals surface area contributed by atoms with Crippen LogP contribution < -0.4 is 11.1 Å². The van der Waals surface area contributed by atoms with Crippen LogP contribution in [0.2, 0.25) is 0 Å². The summed E-state index contributed by atoms with van der Waals surface area (Å²) in [7, 11) is 3.49. The van der Waals surface area contributed by atoms with Crippen LogP contribution in [0.4, 0.5) is 0 Å². The van der Waals surface area contributed by atoms with E-state index in [9.17, 15) is 9.59 Å². The van der Waals surface area contributed by atoms with E-state index < -0.39 is 11.4 Å². The van der Waals surface area contributed by atoms with Gasteiger partial charge in [0.2, 0.25) is 0 Å². The molecule has 3 N–H and O–H groups in total. The standard InChI is InChI=1S/C23H36N2O4/c1-21-9-8-18-15(17(21)6-5-14(21)12-28-3)7-10-23(13-29-4)22(18,2)11-16(19(24)26)20(27)25-23/h11,14-15,17-18H,5-10,12-13H2,1-4H3,(H2,24,26)(H,25,27)/t14?,15-,17-,18+,21+,22+,23?/m0/s1. The molecular weight excluding hydrogens is 368 g/mol. The molecule has 0 spiro atoms. The van der Waals surface area contributed by atoms with E-state index in [0.29, 0.717) is 35.7 Å². The SMILES string of the molecule is COCC1CC[C@H]2[C@@H]3CCC4(COC)NC(=O)C(C(N)=O)=C[C@]4(C)[C@@H]3CC[C@]12C. The van der Waals surface area contributed by atoms with Gasteiger partial charge in [0.05, 0.1) is 12.1 Å². The van der Waals surface area contributed by atoms with Crippen molar-refractivity contribution in [2.24, 2.45) is 40.2 Å². The fraction of sp³-hybridized carbons (Fsp3) is 0.826. The van der Waals surface area contributed by atoms with E-state index in [1.165, 1.54) is 19.3 Å². The zero-order chi connectivity index (χ0) is 21.0. The highest BCUT2D eigenvalue weighted by Gasteiger charge is 2.64. The minimum absolute atomic E-state index is 0.108. The van der Waals surface area contributed by atoms with Gasteiger partial charge in [0.15, 0.2) is 0 Å². The average molecular weight is 405 g/mol. The number of ether oxygens (including phenoxy) is 2. The topological polar surface area (TPSA) is 90.7 Å². The van der Waals surface area contributed by atoms with Gasteiger partial charge in [0, 0.05) is 26.2 Å². The highest BCUT2D eigenvalue weighted by atomic mass is 16.5. The van der Waals surface area contributed by atoms with Crippen LogP contribution in [0.25, 0.3) is 0 Å². The maximum atomic E-state index is 12.7. The van der Waals surface area contributed by atoms with Gasteiger partial charge in [-0.15, -0.1) is 0 Å². The molecule has 0 aromatic rings. The van der Waals surface area contributed by atoms with Crippen LogP contribution in [0.3, 0.4) is 0 Å². The number of nitrogens with two attached hydrogens (primary N) is 1. The lowest BCUT2D eigenvalue weighted by Crippen LogP contribution is -2.70. The van der Waals surface area contributed by atoms with Gasteiger partial charge >= 0.3 is 0 Å². The summed E-state index contributed by atoms with van der Waals surface area (Å²) in [5.41, 5.74) is 5.18. The molecule has 0 bridgehead atoms. The first kappa shape index (κ1) is 20.9. The monoisotopic (exact) mass is 404 g/mol. The zero-order valence-electron chi connectivity index (χ0n) is 18.3. The number of hydrogen-bond acceptors (Lipinski definition) is 4. The predicted molar refractivity (Wildman–Crippen MR) is 110 cm³/mol. The number of hydrogen-bond donors (Lipinski definition) is 2. The average Bonchev–Trinajstić information content (AvgIpc) is 2.99. The quantitative estimate of drug-likeness (QED) is 0.689. The molecule has 162 valence electrons. The predicted octanol–water partition coefficient (Wildman–Crippen LogP) is 2.42. The van der Waals surface area contributed by atoms with E-state index >= 15 is 0 Å². The Kier molecular flexibility index (Phi) is 5.10. The number of methoxy groups -OCH3 is 2. The summed E-state index contributed by atoms with van der Waals surface area (Å²) < 4.78 is 11.2. The first-order valence-corrected chi connectivity index (χ1v) is 11.1. The van der Waals surface area contributed by atoms with Crippen LogP contribution in [0.5, 0.6) is 0 Å². The lowest BCUT2D eigenvalue weighted by atomic mass is 9.44. The first-order valence-electron chi connectivity index (χ1n) is 11.1. The molecule has 2 amide bonds. The largest absolute Gasteiger partial charge is 0.384 e. The number of amides is 2. The summed E-state index contributed by atoms with van der Waals surface area (Å²) in [6.07, 6.45) is 8.61. The Morgan fingerprint density at radius 2 is 1.90 bits per heavy atom. The molecular formula is C23H36N2O4. The van der Waals surface area contributed by atoms with Crippen molar-refractivity contribution in [2.45, 2.75) is 57.9 Å². The number of nitrogens with one attached hydrogen (secondary N) is 1. The highest BCUT2D eigenvalue weighted by Crippen LogP contribution is 2.66. The third-order valence-electron chi connectivity index (χ3n) is 9.40. The summed E-state index contributed by atoms with van der Waals surface area (Å²) in [4.78, 5) is 24.7. The molecule has 4 aliphatic rings. The van der Waals surface area contributed by atoms with Gasteiger partial charge < -0.3 is 20.5 Å². The number of carbonyl (C=O) groups is 2. The summed E-state index contributed by atoms with van der Waals surface area (Å²) in [6.45, 7) is 5.99. The van der Waals surface area contributed by atoms with Gasteiger partial charge in [-0.1, -0.05) is 19.9 Å². The van der Waals surface area contributed by atoms with Crippen LogP contribution in [-0.4, -0.2) is 44.8 Å². The van der Waals surface area contributed by atoms with Gasteiger partial charge in [0.25, 0.3) is 11.8 Å². The molecule has 1 heterocycles. The molecule has 3 saturated carbocycles. The molecule has 3 aliphatic carbocycles. The Morgan fingerprint density at radius 1 is 1.14 bits per heavy atom. The van der Waals surface area contributed by atoms with Crippen molar-refractivity contribution in [2.75, 3.05) is 27.4 Å². The number of primary amides is 1. The molecule has 0 radical (unpaired) electrons. The highest BCUT2D eigenvalue weighted by molar-refractivity contribution is 6.18. The molecule has 0 saturated heterocycles. The Hall–Kier alpha value is -1.40. The Bertz CT molecular complexity index is 736. The van der Waals surface area contributed by atoms with Crippen molar-refractivity contribution >= 4 is 11.8 Å². The molecule has 0 aromatic heterocycles. The van der Waals surface area contributed by atoms with E-state index in [1.807, 2.05) is 13.2 Å². The Morgan fingerprint density at radius 3 is 2.55 bits per heavy atom. The Labute approximate surface area is 173 Å². The van der Waals surface area contributed by atoms with Crippen LogP contribution >= 0.6 is 0 Å². The molecule has 6 nitrogen and oxygen atoms in total. The lowest BCUT2D eigenvalue weighted by molar-refractivity contribution is -0.141. The van der Waals surface area contributed by atoms with Gasteiger partial charge in [-0.25, -0.2) is 0 Å². The minimum atomic E-state index is -0.640. The smallest absolute Gasteiger partial charge is 0.257 e. The first-order chi connectivity index (χ1) is 13.7. The van der Waals surface area contributed by atoms with E-state index in [4.69, 9.17) is 15.2 Å². The fourth-order valence-electron chi connectivity index (χ4n) is 7.84. The maximum Gasteiger partial charge on any atom is 0.257 e. The summed E-state index contributed by atoms with van der Waals surface area (Å²) >= 11 is 0. The van der Waals surface area contributed by atoms with Crippen molar-refractivity contribution in [3.63, 3.8) is 0 Å². The molecule has 6 heteroatoms. The third-order valence-corrected chi connectivity index (χ3v) is 9.40. The number of carbonyl (C=O) groups excluding carboxylic acids is 2. The third kappa shape index (κ3) is 2.82. The second-order valence-corrected chi connectivity index (χ2v) is 10.4. The normalized spacial score (nSPS) is 46.2. The van der Waals surface area contributed by atoms with Gasteiger partial charge in [0.1, 0.15) is 5.57 Å². The van der Waals surface area contributed by atoms with Crippen molar-refractivity contribution in [1.82, 2.24) is 5.32 Å². The fourth-order valence-corrected chi connectivity index (χ4v) is 7.84. The van der Waals surface area contributed by atoms with Crippen molar-refractivity contribution < 1.29 is 19.1 Å². The molecule has 2 unspecified atom stereocenters. The second-order valence-electron chi connectivity index (χ2n) is 10.4. The van der Waals surface area contributed by atoms with Gasteiger partial charge in [-0.3, -0.25) is 9.59 Å². The second kappa shape index (κ2) is 7.09. The van der Waals surface area contributed by atoms with Crippen molar-refractivity contribution in [1.29, 1.82) is 0 Å². The summed E-state index contributed by atoms with van der Waals surface area (Å²) in [5.74, 6) is 1.29. The zero-order valence-corrected chi connectivity index (χ0v) is 18.3. The molecule has 4 rings (SSSR count). The molecule has 7 atom stereocenters. The Balaban J connectivity index is 1.74. The van der Waals surface area contributed by atoms with Crippen molar-refractivity contribution in [3.8, 4) is 0 Å². The maximum absolute atomic E-state index is 12.7. The van der Waals surface area contributed by atoms with Gasteiger partial charge in [-0.2, -0.15) is 0 Å². The van der Waals surface area contributed by atoms with Crippen LogP contribution in [-0.2, 0) is 19.1 Å². The molecule has 1 aliphatic heterocycles. The van der Waals surface area contributed by atoms with E-state index in [1.54, 1.807) is 7.11 Å². The number of fused-ring (bicyclic) bond motifs is 5. The number of rotatable bonds is 5. The summed E-state index contributed by atoms with van der Waals surface area (Å²) in [5, 5.41) is 3.18. The van der Waals surface area contributed by atoms with E-state index in [-0.39, 0.29) is 16.9 Å². The van der Waals surface area contributed by atoms with Gasteiger partial charge in [-0.05, 0) is 67.6 Å². The van der Waals surface area contributed by atoms with E-state index in [0.717, 1.165) is 25.9 Å². The van der Waals surface area contributed by atoms with Crippen LogP contribution in [0.1, 0.15) is 52.4 Å². The summed E-state index contributed by atoms with van der Waals surface area (Å²) in [6, 6.07) is 0. The molecule has 29 heavy (non-hydrogen) atoms. The van der Waals surface area contributed by atoms with Crippen LogP contribution in [0, 0.1) is 34.5 Å². The van der Waals surface area contributed by atoms with Crippen LogP contribution in [0.15, 0.2) is 11.6 Å². The molecule has 3 fully saturated rings. The minimum Gasteiger partial charge on any atom is -0.384 e. The van der Waals surface area contributed by atoms with E-state index in [2.05, 4.69) is 19.2 Å². The lowest BCUT2D eigenvalue weighted by Gasteiger charge is -2.63. The molecule has 0 aromatic carbocycles. The van der Waals surface area contributed by atoms with Crippen molar-refractivity contribution in [3.05, 3.63) is 11.6 Å².